The van der Waals surface area contributed by atoms with Crippen molar-refractivity contribution in [3.63, 3.8) is 0 Å². The number of fused-ring (bicyclic) bond motifs is 1. The molecule has 31 heavy (non-hydrogen) atoms. The molecule has 0 radical (unpaired) electrons. The molecule has 0 fully saturated rings. The standard InChI is InChI=1S/C21H19N5O4S/c1-3-30-14-7-5-13(6-8-14)26-19(28)15-9-4-12(10-16(15)20(26)29)18(27)22-11-17-23-24-21(31)25(17)2/h4-10H,3,11H2,1-2H3,(H,22,27)(H,24,31). The Kier molecular flexibility index (Phi) is 5.38. The molecular formula is C21H19N5O4S. The zero-order valence-corrected chi connectivity index (χ0v) is 17.7. The van der Waals surface area contributed by atoms with Crippen LogP contribution in [0.4, 0.5) is 5.69 Å². The highest BCUT2D eigenvalue weighted by molar-refractivity contribution is 7.71. The molecule has 3 aromatic rings. The van der Waals surface area contributed by atoms with Gasteiger partial charge in [0.25, 0.3) is 17.7 Å². The van der Waals surface area contributed by atoms with E-state index in [1.54, 1.807) is 35.9 Å². The van der Waals surface area contributed by atoms with Gasteiger partial charge in [-0.15, -0.1) is 0 Å². The van der Waals surface area contributed by atoms with Crippen LogP contribution in [0.1, 0.15) is 43.8 Å². The highest BCUT2D eigenvalue weighted by Crippen LogP contribution is 2.30. The first-order valence-corrected chi connectivity index (χ1v) is 9.95. The van der Waals surface area contributed by atoms with Gasteiger partial charge in [-0.05, 0) is 61.6 Å². The van der Waals surface area contributed by atoms with E-state index in [2.05, 4.69) is 15.5 Å². The van der Waals surface area contributed by atoms with Gasteiger partial charge in [-0.3, -0.25) is 19.5 Å². The van der Waals surface area contributed by atoms with Crippen LogP contribution in [0.15, 0.2) is 42.5 Å². The predicted octanol–water partition coefficient (Wildman–Crippen LogP) is 2.61. The Hall–Kier alpha value is -3.79. The van der Waals surface area contributed by atoms with Crippen LogP contribution in [-0.2, 0) is 13.6 Å². The molecule has 0 saturated carbocycles. The van der Waals surface area contributed by atoms with Crippen molar-refractivity contribution in [2.24, 2.45) is 7.05 Å². The molecule has 2 aromatic carbocycles. The summed E-state index contributed by atoms with van der Waals surface area (Å²) in [4.78, 5) is 39.4. The molecule has 2 N–H and O–H groups in total. The van der Waals surface area contributed by atoms with Crippen LogP contribution in [0.2, 0.25) is 0 Å². The summed E-state index contributed by atoms with van der Waals surface area (Å²) in [6, 6.07) is 11.1. The highest BCUT2D eigenvalue weighted by atomic mass is 32.1. The van der Waals surface area contributed by atoms with E-state index in [4.69, 9.17) is 17.0 Å². The third-order valence-corrected chi connectivity index (χ3v) is 5.30. The molecule has 0 bridgehead atoms. The molecule has 2 heterocycles. The fraction of sp³-hybridized carbons (Fsp3) is 0.190. The van der Waals surface area contributed by atoms with Crippen molar-refractivity contribution < 1.29 is 19.1 Å². The minimum Gasteiger partial charge on any atom is -0.494 e. The number of aromatic nitrogens is 3. The minimum absolute atomic E-state index is 0.157. The van der Waals surface area contributed by atoms with Crippen LogP contribution >= 0.6 is 12.2 Å². The molecule has 0 saturated heterocycles. The highest BCUT2D eigenvalue weighted by Gasteiger charge is 2.37. The number of ether oxygens (including phenoxy) is 1. The van der Waals surface area contributed by atoms with E-state index in [1.807, 2.05) is 6.92 Å². The average Bonchev–Trinajstić information content (AvgIpc) is 3.23. The maximum atomic E-state index is 12.9. The Morgan fingerprint density at radius 1 is 1.13 bits per heavy atom. The monoisotopic (exact) mass is 437 g/mol. The normalized spacial score (nSPS) is 12.8. The number of amides is 3. The van der Waals surface area contributed by atoms with Crippen LogP contribution in [-0.4, -0.2) is 39.1 Å². The summed E-state index contributed by atoms with van der Waals surface area (Å²) >= 11 is 5.05. The Balaban J connectivity index is 1.54. The minimum atomic E-state index is -0.478. The lowest BCUT2D eigenvalue weighted by atomic mass is 10.1. The fourth-order valence-corrected chi connectivity index (χ4v) is 3.42. The van der Waals surface area contributed by atoms with Crippen molar-refractivity contribution in [2.75, 3.05) is 11.5 Å². The third kappa shape index (κ3) is 3.73. The largest absolute Gasteiger partial charge is 0.494 e. The van der Waals surface area contributed by atoms with Gasteiger partial charge < -0.3 is 14.6 Å². The summed E-state index contributed by atoms with van der Waals surface area (Å²) in [6.45, 7) is 2.55. The number of hydrogen-bond donors (Lipinski definition) is 2. The summed E-state index contributed by atoms with van der Waals surface area (Å²) in [7, 11) is 1.74. The Morgan fingerprint density at radius 3 is 2.48 bits per heavy atom. The van der Waals surface area contributed by atoms with Crippen molar-refractivity contribution in [3.05, 3.63) is 69.8 Å². The molecule has 0 unspecified atom stereocenters. The molecule has 1 aliphatic rings. The zero-order valence-electron chi connectivity index (χ0n) is 16.8. The molecular weight excluding hydrogens is 418 g/mol. The molecule has 3 amide bonds. The lowest BCUT2D eigenvalue weighted by Gasteiger charge is -2.14. The number of benzene rings is 2. The second kappa shape index (κ2) is 8.15. The number of nitrogens with zero attached hydrogens (tertiary/aromatic N) is 3. The fourth-order valence-electron chi connectivity index (χ4n) is 3.27. The molecule has 0 atom stereocenters. The van der Waals surface area contributed by atoms with Crippen LogP contribution in [0, 0.1) is 4.77 Å². The van der Waals surface area contributed by atoms with Crippen molar-refractivity contribution in [3.8, 4) is 5.75 Å². The smallest absolute Gasteiger partial charge is 0.266 e. The van der Waals surface area contributed by atoms with Gasteiger partial charge in [-0.2, -0.15) is 5.10 Å². The molecule has 0 spiro atoms. The SMILES string of the molecule is CCOc1ccc(N2C(=O)c3ccc(C(=O)NCc4n[nH]c(=S)n4C)cc3C2=O)cc1. The number of anilines is 1. The first-order valence-electron chi connectivity index (χ1n) is 9.55. The number of aromatic amines is 1. The molecule has 158 valence electrons. The lowest BCUT2D eigenvalue weighted by Crippen LogP contribution is -2.29. The summed E-state index contributed by atoms with van der Waals surface area (Å²) in [6.07, 6.45) is 0. The number of H-pyrrole nitrogens is 1. The van der Waals surface area contributed by atoms with E-state index in [9.17, 15) is 14.4 Å². The van der Waals surface area contributed by atoms with Crippen molar-refractivity contribution in [1.82, 2.24) is 20.1 Å². The number of carbonyl (C=O) groups is 3. The van der Waals surface area contributed by atoms with Gasteiger partial charge in [0.05, 0.1) is 30.0 Å². The van der Waals surface area contributed by atoms with E-state index >= 15 is 0 Å². The van der Waals surface area contributed by atoms with Crippen molar-refractivity contribution >= 4 is 35.6 Å². The van der Waals surface area contributed by atoms with E-state index in [1.165, 1.54) is 18.2 Å². The second-order valence-electron chi connectivity index (χ2n) is 6.82. The third-order valence-electron chi connectivity index (χ3n) is 4.93. The molecule has 4 rings (SSSR count). The Labute approximate surface area is 182 Å². The van der Waals surface area contributed by atoms with Crippen LogP contribution < -0.4 is 15.0 Å². The van der Waals surface area contributed by atoms with Gasteiger partial charge in [0.15, 0.2) is 10.6 Å². The van der Waals surface area contributed by atoms with Gasteiger partial charge in [-0.25, -0.2) is 4.90 Å². The van der Waals surface area contributed by atoms with Gasteiger partial charge in [0, 0.05) is 12.6 Å². The molecule has 9 nitrogen and oxygen atoms in total. The lowest BCUT2D eigenvalue weighted by molar-refractivity contribution is 0.0923. The first kappa shape index (κ1) is 20.5. The maximum Gasteiger partial charge on any atom is 0.266 e. The Morgan fingerprint density at radius 2 is 1.84 bits per heavy atom. The van der Waals surface area contributed by atoms with Gasteiger partial charge in [0.1, 0.15) is 5.75 Å². The number of carbonyl (C=O) groups excluding carboxylic acids is 3. The van der Waals surface area contributed by atoms with Crippen LogP contribution in [0.3, 0.4) is 0 Å². The van der Waals surface area contributed by atoms with Gasteiger partial charge >= 0.3 is 0 Å². The number of nitrogens with one attached hydrogen (secondary N) is 2. The summed E-state index contributed by atoms with van der Waals surface area (Å²) in [5.74, 6) is -0.0925. The Bertz CT molecular complexity index is 1250. The van der Waals surface area contributed by atoms with Gasteiger partial charge in [-0.1, -0.05) is 0 Å². The number of rotatable bonds is 6. The second-order valence-corrected chi connectivity index (χ2v) is 7.21. The number of hydrogen-bond acceptors (Lipinski definition) is 6. The van der Waals surface area contributed by atoms with Gasteiger partial charge in [0.2, 0.25) is 0 Å². The molecule has 10 heteroatoms. The van der Waals surface area contributed by atoms with E-state index in [0.29, 0.717) is 28.6 Å². The zero-order chi connectivity index (χ0) is 22.1. The predicted molar refractivity (Wildman–Crippen MR) is 115 cm³/mol. The summed E-state index contributed by atoms with van der Waals surface area (Å²) in [5, 5.41) is 9.42. The van der Waals surface area contributed by atoms with E-state index < -0.39 is 17.7 Å². The average molecular weight is 437 g/mol. The van der Waals surface area contributed by atoms with Crippen LogP contribution in [0.25, 0.3) is 0 Å². The molecule has 1 aliphatic heterocycles. The summed E-state index contributed by atoms with van der Waals surface area (Å²) in [5.41, 5.74) is 1.14. The summed E-state index contributed by atoms with van der Waals surface area (Å²) < 4.78 is 7.49. The molecule has 0 aliphatic carbocycles. The first-order chi connectivity index (χ1) is 14.9. The number of imide groups is 1. The van der Waals surface area contributed by atoms with Crippen molar-refractivity contribution in [1.29, 1.82) is 0 Å². The quantitative estimate of drug-likeness (QED) is 0.453. The van der Waals surface area contributed by atoms with Crippen molar-refractivity contribution in [2.45, 2.75) is 13.5 Å². The van der Waals surface area contributed by atoms with Crippen LogP contribution in [0.5, 0.6) is 5.75 Å². The molecule has 1 aromatic heterocycles. The van der Waals surface area contributed by atoms with E-state index in [-0.39, 0.29) is 23.2 Å². The maximum absolute atomic E-state index is 12.9. The van der Waals surface area contributed by atoms with E-state index in [0.717, 1.165) is 4.90 Å². The topological polar surface area (TPSA) is 109 Å².